The minimum absolute atomic E-state index is 0.0471. The van der Waals surface area contributed by atoms with Gasteiger partial charge in [-0.05, 0) is 50.6 Å². The lowest BCUT2D eigenvalue weighted by molar-refractivity contribution is 0.0938. The first-order valence-corrected chi connectivity index (χ1v) is 9.82. The first-order chi connectivity index (χ1) is 12.4. The Morgan fingerprint density at radius 3 is 2.46 bits per heavy atom. The molecule has 0 bridgehead atoms. The number of rotatable bonds is 8. The third-order valence-electron chi connectivity index (χ3n) is 4.07. The van der Waals surface area contributed by atoms with Crippen LogP contribution in [-0.4, -0.2) is 34.5 Å². The number of sulfonamides is 1. The molecule has 0 aliphatic rings. The van der Waals surface area contributed by atoms with Crippen LogP contribution in [0.5, 0.6) is 5.75 Å². The van der Waals surface area contributed by atoms with Crippen LogP contribution in [0.2, 0.25) is 0 Å². The van der Waals surface area contributed by atoms with Gasteiger partial charge in [0.25, 0.3) is 5.91 Å². The number of hydrogen-bond donors (Lipinski definition) is 2. The van der Waals surface area contributed by atoms with Gasteiger partial charge in [-0.1, -0.05) is 30.3 Å². The Morgan fingerprint density at radius 1 is 1.15 bits per heavy atom. The van der Waals surface area contributed by atoms with Crippen LogP contribution in [0.15, 0.2) is 53.4 Å². The van der Waals surface area contributed by atoms with Gasteiger partial charge in [0.1, 0.15) is 10.6 Å². The van der Waals surface area contributed by atoms with E-state index in [1.54, 1.807) is 6.07 Å². The van der Waals surface area contributed by atoms with Crippen molar-refractivity contribution in [3.05, 3.63) is 59.7 Å². The zero-order valence-corrected chi connectivity index (χ0v) is 16.0. The van der Waals surface area contributed by atoms with E-state index < -0.39 is 10.0 Å². The third-order valence-corrected chi connectivity index (χ3v) is 5.51. The molecule has 0 unspecified atom stereocenters. The highest BCUT2D eigenvalue weighted by molar-refractivity contribution is 7.89. The Balaban J connectivity index is 2.08. The van der Waals surface area contributed by atoms with Gasteiger partial charge in [0.05, 0.1) is 7.11 Å². The number of ether oxygens (including phenoxy) is 1. The number of carbonyl (C=O) groups is 1. The van der Waals surface area contributed by atoms with Gasteiger partial charge in [-0.25, -0.2) is 13.1 Å². The van der Waals surface area contributed by atoms with Crippen molar-refractivity contribution in [3.63, 3.8) is 0 Å². The van der Waals surface area contributed by atoms with E-state index >= 15 is 0 Å². The summed E-state index contributed by atoms with van der Waals surface area (Å²) in [6.45, 7) is 1.93. The Kier molecular flexibility index (Phi) is 6.76. The Labute approximate surface area is 154 Å². The monoisotopic (exact) mass is 376 g/mol. The molecular weight excluding hydrogens is 352 g/mol. The number of hydrogen-bond acceptors (Lipinski definition) is 4. The number of nitrogens with one attached hydrogen (secondary N) is 2. The Hall–Kier alpha value is -2.38. The SMILES string of the molecule is CNS(=O)(=O)c1cc(C(=O)N[C@H](C)CCc2ccccc2)ccc1OC. The van der Waals surface area contributed by atoms with Crippen molar-refractivity contribution in [3.8, 4) is 5.75 Å². The van der Waals surface area contributed by atoms with Crippen LogP contribution in [0.1, 0.15) is 29.3 Å². The molecule has 1 atom stereocenters. The average molecular weight is 376 g/mol. The number of aryl methyl sites for hydroxylation is 1. The molecule has 140 valence electrons. The number of methoxy groups -OCH3 is 1. The predicted octanol–water partition coefficient (Wildman–Crippen LogP) is 2.35. The molecule has 0 spiro atoms. The fourth-order valence-electron chi connectivity index (χ4n) is 2.55. The fourth-order valence-corrected chi connectivity index (χ4v) is 3.46. The normalized spacial score (nSPS) is 12.4. The highest BCUT2D eigenvalue weighted by Gasteiger charge is 2.20. The Bertz CT molecular complexity index is 851. The number of amides is 1. The molecule has 2 rings (SSSR count). The van der Waals surface area contributed by atoms with E-state index in [1.165, 1.54) is 31.9 Å². The quantitative estimate of drug-likeness (QED) is 0.741. The lowest BCUT2D eigenvalue weighted by Gasteiger charge is -2.15. The minimum atomic E-state index is -3.73. The molecule has 0 aliphatic heterocycles. The summed E-state index contributed by atoms with van der Waals surface area (Å²) in [6.07, 6.45) is 1.64. The molecule has 2 aromatic carbocycles. The van der Waals surface area contributed by atoms with Crippen molar-refractivity contribution in [2.45, 2.75) is 30.7 Å². The maximum absolute atomic E-state index is 12.5. The third kappa shape index (κ3) is 5.06. The molecule has 2 aromatic rings. The topological polar surface area (TPSA) is 84.5 Å². The fraction of sp³-hybridized carbons (Fsp3) is 0.316. The van der Waals surface area contributed by atoms with Crippen LogP contribution < -0.4 is 14.8 Å². The minimum Gasteiger partial charge on any atom is -0.495 e. The second-order valence-corrected chi connectivity index (χ2v) is 7.83. The van der Waals surface area contributed by atoms with E-state index in [1.807, 2.05) is 37.3 Å². The van der Waals surface area contributed by atoms with Gasteiger partial charge in [0.15, 0.2) is 0 Å². The molecular formula is C19H24N2O4S. The largest absolute Gasteiger partial charge is 0.495 e. The molecule has 0 aromatic heterocycles. The van der Waals surface area contributed by atoms with Gasteiger partial charge in [0, 0.05) is 11.6 Å². The molecule has 7 heteroatoms. The molecule has 26 heavy (non-hydrogen) atoms. The first-order valence-electron chi connectivity index (χ1n) is 8.33. The summed E-state index contributed by atoms with van der Waals surface area (Å²) >= 11 is 0. The van der Waals surface area contributed by atoms with E-state index in [4.69, 9.17) is 4.74 Å². The van der Waals surface area contributed by atoms with Crippen molar-refractivity contribution in [2.24, 2.45) is 0 Å². The predicted molar refractivity (Wildman–Crippen MR) is 101 cm³/mol. The maximum Gasteiger partial charge on any atom is 0.251 e. The lowest BCUT2D eigenvalue weighted by atomic mass is 10.1. The summed E-state index contributed by atoms with van der Waals surface area (Å²) in [5.74, 6) is -0.131. The van der Waals surface area contributed by atoms with Crippen molar-refractivity contribution >= 4 is 15.9 Å². The summed E-state index contributed by atoms with van der Waals surface area (Å²) in [4.78, 5) is 12.4. The molecule has 2 N–H and O–H groups in total. The van der Waals surface area contributed by atoms with Crippen LogP contribution in [0.3, 0.4) is 0 Å². The molecule has 0 aliphatic carbocycles. The molecule has 0 fully saturated rings. The van der Waals surface area contributed by atoms with Gasteiger partial charge < -0.3 is 10.1 Å². The van der Waals surface area contributed by atoms with Gasteiger partial charge >= 0.3 is 0 Å². The van der Waals surface area contributed by atoms with Gasteiger partial charge in [-0.15, -0.1) is 0 Å². The lowest BCUT2D eigenvalue weighted by Crippen LogP contribution is -2.33. The Morgan fingerprint density at radius 2 is 1.85 bits per heavy atom. The number of carbonyl (C=O) groups excluding carboxylic acids is 1. The zero-order chi connectivity index (χ0) is 19.2. The first kappa shape index (κ1) is 19.9. The highest BCUT2D eigenvalue weighted by Crippen LogP contribution is 2.24. The molecule has 1 amide bonds. The highest BCUT2D eigenvalue weighted by atomic mass is 32.2. The van der Waals surface area contributed by atoms with Crippen molar-refractivity contribution in [2.75, 3.05) is 14.2 Å². The molecule has 0 heterocycles. The summed E-state index contributed by atoms with van der Waals surface area (Å²) in [5.41, 5.74) is 1.48. The van der Waals surface area contributed by atoms with E-state index in [9.17, 15) is 13.2 Å². The smallest absolute Gasteiger partial charge is 0.251 e. The average Bonchev–Trinajstić information content (AvgIpc) is 2.66. The molecule has 0 radical (unpaired) electrons. The number of benzene rings is 2. The molecule has 0 saturated heterocycles. The second kappa shape index (κ2) is 8.82. The van der Waals surface area contributed by atoms with E-state index in [0.717, 1.165) is 12.8 Å². The summed E-state index contributed by atoms with van der Waals surface area (Å²) in [6, 6.07) is 14.3. The van der Waals surface area contributed by atoms with Crippen LogP contribution in [0.25, 0.3) is 0 Å². The van der Waals surface area contributed by atoms with Gasteiger partial charge in [-0.2, -0.15) is 0 Å². The summed E-state index contributed by atoms with van der Waals surface area (Å²) in [7, 11) is -1.03. The molecule has 0 saturated carbocycles. The summed E-state index contributed by atoms with van der Waals surface area (Å²) in [5, 5.41) is 2.91. The van der Waals surface area contributed by atoms with E-state index in [0.29, 0.717) is 0 Å². The molecule has 6 nitrogen and oxygen atoms in total. The van der Waals surface area contributed by atoms with Crippen LogP contribution >= 0.6 is 0 Å². The van der Waals surface area contributed by atoms with Gasteiger partial charge in [-0.3, -0.25) is 4.79 Å². The van der Waals surface area contributed by atoms with E-state index in [2.05, 4.69) is 10.0 Å². The maximum atomic E-state index is 12.5. The van der Waals surface area contributed by atoms with Crippen molar-refractivity contribution in [1.29, 1.82) is 0 Å². The standard InChI is InChI=1S/C19H24N2O4S/c1-14(9-10-15-7-5-4-6-8-15)21-19(22)16-11-12-17(25-3)18(13-16)26(23,24)20-2/h4-8,11-14,20H,9-10H2,1-3H3,(H,21,22)/t14-/m1/s1. The zero-order valence-electron chi connectivity index (χ0n) is 15.2. The summed E-state index contributed by atoms with van der Waals surface area (Å²) < 4.78 is 31.6. The van der Waals surface area contributed by atoms with Crippen molar-refractivity contribution < 1.29 is 17.9 Å². The van der Waals surface area contributed by atoms with Crippen LogP contribution in [0, 0.1) is 0 Å². The second-order valence-electron chi connectivity index (χ2n) is 5.97. The van der Waals surface area contributed by atoms with Crippen LogP contribution in [-0.2, 0) is 16.4 Å². The van der Waals surface area contributed by atoms with Gasteiger partial charge in [0.2, 0.25) is 10.0 Å². The van der Waals surface area contributed by atoms with E-state index in [-0.39, 0.29) is 28.2 Å². The van der Waals surface area contributed by atoms with Crippen LogP contribution in [0.4, 0.5) is 0 Å². The van der Waals surface area contributed by atoms with Crippen molar-refractivity contribution in [1.82, 2.24) is 10.0 Å².